The topological polar surface area (TPSA) is 158 Å². The van der Waals surface area contributed by atoms with Crippen molar-refractivity contribution in [2.24, 2.45) is 0 Å². The first-order chi connectivity index (χ1) is 28.2. The molecule has 0 bridgehead atoms. The summed E-state index contributed by atoms with van der Waals surface area (Å²) < 4.78 is 11.4. The van der Waals surface area contributed by atoms with E-state index in [1.807, 2.05) is 30.3 Å². The smallest absolute Gasteiger partial charge is 0.408 e. The number of hydrogen-bond donors (Lipinski definition) is 5. The Morgan fingerprint density at radius 3 is 1.64 bits per heavy atom. The third-order valence-electron chi connectivity index (χ3n) is 11.5. The van der Waals surface area contributed by atoms with Gasteiger partial charge in [0.05, 0.1) is 6.61 Å². The SMILES string of the molecule is CCCCCCCCCCCCCCCCCC(=O)N(CCCCCCCCCCCC)[C@@H]1O[C@H](CO)[C@@H](O)[C@H](O)[C@H]1NC(=O)[C@H](C)NC(=O)OCc1ccccc1. The summed E-state index contributed by atoms with van der Waals surface area (Å²) in [6, 6.07) is 6.91. The lowest BCUT2D eigenvalue weighted by Crippen LogP contribution is -2.69. The summed E-state index contributed by atoms with van der Waals surface area (Å²) in [6.45, 7) is 5.78. The normalized spacial score (nSPS) is 19.7. The van der Waals surface area contributed by atoms with E-state index in [1.54, 1.807) is 4.90 Å². The van der Waals surface area contributed by atoms with E-state index in [-0.39, 0.29) is 12.5 Å². The molecule has 0 radical (unpaired) electrons. The van der Waals surface area contributed by atoms with Crippen molar-refractivity contribution in [2.45, 2.75) is 231 Å². The van der Waals surface area contributed by atoms with Crippen LogP contribution in [0.25, 0.3) is 0 Å². The van der Waals surface area contributed by atoms with Gasteiger partial charge in [-0.2, -0.15) is 0 Å². The predicted octanol–water partition coefficient (Wildman–Crippen LogP) is 9.24. The van der Waals surface area contributed by atoms with Crippen LogP contribution in [0.2, 0.25) is 0 Å². The van der Waals surface area contributed by atoms with Gasteiger partial charge in [0.25, 0.3) is 0 Å². The number of unbranched alkanes of at least 4 members (excludes halogenated alkanes) is 23. The van der Waals surface area contributed by atoms with Crippen molar-refractivity contribution in [2.75, 3.05) is 13.2 Å². The monoisotopic (exact) mass is 818 g/mol. The zero-order chi connectivity index (χ0) is 42.2. The Bertz CT molecular complexity index is 1190. The minimum Gasteiger partial charge on any atom is -0.445 e. The number of aliphatic hydroxyl groups excluding tert-OH is 3. The first-order valence-corrected chi connectivity index (χ1v) is 23.4. The van der Waals surface area contributed by atoms with Crippen LogP contribution >= 0.6 is 0 Å². The van der Waals surface area contributed by atoms with Gasteiger partial charge in [-0.25, -0.2) is 4.79 Å². The number of alkyl carbamates (subject to hydrolysis) is 1. The molecule has 0 aromatic heterocycles. The highest BCUT2D eigenvalue weighted by Crippen LogP contribution is 2.26. The number of rotatable bonds is 34. The fourth-order valence-corrected chi connectivity index (χ4v) is 7.77. The number of ether oxygens (including phenoxy) is 2. The Morgan fingerprint density at radius 2 is 1.16 bits per heavy atom. The van der Waals surface area contributed by atoms with E-state index in [2.05, 4.69) is 24.5 Å². The molecule has 1 aliphatic heterocycles. The number of amides is 3. The first kappa shape index (κ1) is 51.4. The molecular formula is C47H83N3O8. The fourth-order valence-electron chi connectivity index (χ4n) is 7.77. The summed E-state index contributed by atoms with van der Waals surface area (Å²) >= 11 is 0. The molecule has 5 N–H and O–H groups in total. The van der Waals surface area contributed by atoms with Gasteiger partial charge in [0.15, 0.2) is 6.23 Å². The van der Waals surface area contributed by atoms with E-state index >= 15 is 0 Å². The third-order valence-corrected chi connectivity index (χ3v) is 11.5. The highest BCUT2D eigenvalue weighted by molar-refractivity contribution is 5.85. The van der Waals surface area contributed by atoms with Crippen LogP contribution in [0.15, 0.2) is 30.3 Å². The van der Waals surface area contributed by atoms with Crippen molar-refractivity contribution >= 4 is 17.9 Å². The van der Waals surface area contributed by atoms with Gasteiger partial charge in [-0.3, -0.25) is 9.59 Å². The van der Waals surface area contributed by atoms with E-state index in [0.29, 0.717) is 19.4 Å². The molecule has 1 aliphatic rings. The maximum atomic E-state index is 14.0. The van der Waals surface area contributed by atoms with Crippen LogP contribution in [0.4, 0.5) is 4.79 Å². The molecule has 0 saturated carbocycles. The minimum atomic E-state index is -1.54. The Hall–Kier alpha value is -2.73. The van der Waals surface area contributed by atoms with Crippen LogP contribution in [0.1, 0.15) is 193 Å². The molecule has 11 nitrogen and oxygen atoms in total. The molecule has 6 atom stereocenters. The van der Waals surface area contributed by atoms with E-state index in [0.717, 1.165) is 50.5 Å². The third kappa shape index (κ3) is 22.0. The van der Waals surface area contributed by atoms with Crippen molar-refractivity contribution in [3.63, 3.8) is 0 Å². The average Bonchev–Trinajstić information content (AvgIpc) is 3.23. The fraction of sp³-hybridized carbons (Fsp3) is 0.809. The quantitative estimate of drug-likeness (QED) is 0.0431. The van der Waals surface area contributed by atoms with Gasteiger partial charge in [0.2, 0.25) is 11.8 Å². The standard InChI is InChI=1S/C47H83N3O8/c1-4-6-8-10-12-14-16-17-18-19-20-21-23-25-30-34-41(52)50(35-31-26-24-22-15-13-11-9-7-5-2)46-42(44(54)43(53)40(36-51)58-46)49-45(55)38(3)48-47(56)57-37-39-32-28-27-29-33-39/h27-29,32-33,38,40,42-44,46,51,53-54H,4-26,30-31,34-37H2,1-3H3,(H,48,56)(H,49,55)/t38-,40+,42+,43+,44+,46+/m0/s1. The highest BCUT2D eigenvalue weighted by atomic mass is 16.6. The van der Waals surface area contributed by atoms with Crippen molar-refractivity contribution in [1.29, 1.82) is 0 Å². The second-order valence-electron chi connectivity index (χ2n) is 16.7. The highest BCUT2D eigenvalue weighted by Gasteiger charge is 2.48. The van der Waals surface area contributed by atoms with Crippen LogP contribution in [-0.2, 0) is 25.7 Å². The Labute approximate surface area is 351 Å². The molecule has 1 heterocycles. The molecule has 1 saturated heterocycles. The van der Waals surface area contributed by atoms with Crippen LogP contribution in [0, 0.1) is 0 Å². The lowest BCUT2D eigenvalue weighted by atomic mass is 9.94. The molecule has 0 spiro atoms. The van der Waals surface area contributed by atoms with Gasteiger partial charge in [-0.05, 0) is 25.3 Å². The molecule has 1 aromatic carbocycles. The Kier molecular flexibility index (Phi) is 29.3. The van der Waals surface area contributed by atoms with Crippen LogP contribution in [0.5, 0.6) is 0 Å². The van der Waals surface area contributed by atoms with Crippen molar-refractivity contribution in [3.05, 3.63) is 35.9 Å². The van der Waals surface area contributed by atoms with Gasteiger partial charge < -0.3 is 40.3 Å². The molecule has 3 amide bonds. The second-order valence-corrected chi connectivity index (χ2v) is 16.7. The Morgan fingerprint density at radius 1 is 0.690 bits per heavy atom. The number of nitrogens with one attached hydrogen (secondary N) is 2. The number of carbonyl (C=O) groups excluding carboxylic acids is 3. The van der Waals surface area contributed by atoms with E-state index in [1.165, 1.54) is 116 Å². The number of carbonyl (C=O) groups is 3. The Balaban J connectivity index is 1.97. The first-order valence-electron chi connectivity index (χ1n) is 23.4. The summed E-state index contributed by atoms with van der Waals surface area (Å²) in [7, 11) is 0. The maximum absolute atomic E-state index is 14.0. The molecule has 0 aliphatic carbocycles. The molecule has 1 aromatic rings. The molecule has 1 fully saturated rings. The largest absolute Gasteiger partial charge is 0.445 e. The molecule has 58 heavy (non-hydrogen) atoms. The number of benzene rings is 1. The van der Waals surface area contributed by atoms with E-state index in [4.69, 9.17) is 9.47 Å². The second kappa shape index (κ2) is 33.0. The van der Waals surface area contributed by atoms with Crippen molar-refractivity contribution in [3.8, 4) is 0 Å². The van der Waals surface area contributed by atoms with E-state index in [9.17, 15) is 29.7 Å². The minimum absolute atomic E-state index is 0.0302. The van der Waals surface area contributed by atoms with Gasteiger partial charge in [0.1, 0.15) is 37.0 Å². The number of hydrogen-bond acceptors (Lipinski definition) is 8. The maximum Gasteiger partial charge on any atom is 0.408 e. The predicted molar refractivity (Wildman–Crippen MR) is 232 cm³/mol. The van der Waals surface area contributed by atoms with Gasteiger partial charge in [0, 0.05) is 13.0 Å². The van der Waals surface area contributed by atoms with Gasteiger partial charge in [-0.1, -0.05) is 192 Å². The molecule has 334 valence electrons. The number of aliphatic hydroxyl groups is 3. The van der Waals surface area contributed by atoms with Crippen LogP contribution in [0.3, 0.4) is 0 Å². The summed E-state index contributed by atoms with van der Waals surface area (Å²) in [4.78, 5) is 41.6. The zero-order valence-electron chi connectivity index (χ0n) is 36.7. The number of nitrogens with zero attached hydrogens (tertiary/aromatic N) is 1. The van der Waals surface area contributed by atoms with Gasteiger partial charge >= 0.3 is 6.09 Å². The van der Waals surface area contributed by atoms with E-state index < -0.39 is 55.2 Å². The molecule has 2 rings (SSSR count). The van der Waals surface area contributed by atoms with Crippen LogP contribution in [-0.4, -0.2) is 87.9 Å². The van der Waals surface area contributed by atoms with Crippen molar-refractivity contribution in [1.82, 2.24) is 15.5 Å². The summed E-state index contributed by atoms with van der Waals surface area (Å²) in [5.41, 5.74) is 0.795. The molecular weight excluding hydrogens is 735 g/mol. The summed E-state index contributed by atoms with van der Waals surface area (Å²) in [6.07, 6.45) is 24.0. The average molecular weight is 818 g/mol. The lowest BCUT2D eigenvalue weighted by Gasteiger charge is -2.47. The summed E-state index contributed by atoms with van der Waals surface area (Å²) in [5, 5.41) is 37.5. The lowest BCUT2D eigenvalue weighted by molar-refractivity contribution is -0.231. The zero-order valence-corrected chi connectivity index (χ0v) is 36.7. The molecule has 11 heteroatoms. The molecule has 0 unspecified atom stereocenters. The summed E-state index contributed by atoms with van der Waals surface area (Å²) in [5.74, 6) is -0.788. The van der Waals surface area contributed by atoms with Gasteiger partial charge in [-0.15, -0.1) is 0 Å². The van der Waals surface area contributed by atoms with Crippen LogP contribution < -0.4 is 10.6 Å². The van der Waals surface area contributed by atoms with Crippen molar-refractivity contribution < 1.29 is 39.2 Å².